The predicted molar refractivity (Wildman–Crippen MR) is 239 cm³/mol. The normalized spacial score (nSPS) is 18.4. The van der Waals surface area contributed by atoms with Gasteiger partial charge in [-0.15, -0.1) is 0 Å². The van der Waals surface area contributed by atoms with E-state index in [1.54, 1.807) is 23.5 Å². The van der Waals surface area contributed by atoms with Gasteiger partial charge in [-0.3, -0.25) is 4.90 Å². The number of halogens is 2. The highest BCUT2D eigenvalue weighted by Crippen LogP contribution is 2.62. The molecule has 1 fully saturated rings. The molecule has 1 aliphatic rings. The van der Waals surface area contributed by atoms with Gasteiger partial charge in [-0.25, -0.2) is 18.4 Å². The number of ether oxygens (including phenoxy) is 1. The van der Waals surface area contributed by atoms with Crippen molar-refractivity contribution in [2.45, 2.75) is 96.5 Å². The van der Waals surface area contributed by atoms with Gasteiger partial charge in [-0.05, 0) is 85.5 Å². The standard InChI is InChI=1S/C20H33NO.C16H13F2N3O.C10H15OPS2/c1-15(12-21-13-16(2)22-17(3)14-21)11-18-7-9-19(10-8-18)20(4,5)6;17-13-7-5-12(6-8-13)16(22,9-21-11-19-10-20-21)14-3-1-2-4-15(14)18;1-3-11-12(13,4-2)14-10-8-6-5-7-9-10/h7-10,15-17H,11-14H2,1-6H3;1-8,10-11,22H,9H2;5-9H,3-4H2,1-2H3/t15?,16-,17+;;. The SMILES string of the molecule is CC(Cc1ccc(C(C)(C)C)cc1)CN1C[C@@H](C)O[C@@H](C)C1.CCOP(=S)(CC)Sc1ccccc1.OC(Cn1cncn1)(c1ccc(F)cc1)c1ccccc1F. The molecule has 2 heterocycles. The fourth-order valence-electron chi connectivity index (χ4n) is 6.91. The van der Waals surface area contributed by atoms with Gasteiger partial charge in [0.15, 0.2) is 0 Å². The van der Waals surface area contributed by atoms with Crippen molar-refractivity contribution >= 4 is 28.7 Å². The third kappa shape index (κ3) is 14.8. The Hall–Kier alpha value is -3.28. The van der Waals surface area contributed by atoms with Crippen molar-refractivity contribution in [1.82, 2.24) is 19.7 Å². The van der Waals surface area contributed by atoms with Crippen LogP contribution in [0.25, 0.3) is 0 Å². The summed E-state index contributed by atoms with van der Waals surface area (Å²) >= 11 is 7.26. The topological polar surface area (TPSA) is 72.6 Å². The minimum absolute atomic E-state index is 0.0421. The molecule has 0 amide bonds. The van der Waals surface area contributed by atoms with E-state index in [0.29, 0.717) is 30.3 Å². The van der Waals surface area contributed by atoms with Gasteiger partial charge < -0.3 is 14.4 Å². The van der Waals surface area contributed by atoms with Gasteiger partial charge in [-0.1, -0.05) is 131 Å². The summed E-state index contributed by atoms with van der Waals surface area (Å²) in [6.07, 6.45) is 5.58. The van der Waals surface area contributed by atoms with Gasteiger partial charge in [0.1, 0.15) is 35.4 Å². The number of hydrogen-bond donors (Lipinski definition) is 1. The van der Waals surface area contributed by atoms with Crippen molar-refractivity contribution in [3.8, 4) is 0 Å². The number of rotatable bonds is 13. The average Bonchev–Trinajstić information content (AvgIpc) is 3.68. The van der Waals surface area contributed by atoms with Gasteiger partial charge in [0.25, 0.3) is 0 Å². The van der Waals surface area contributed by atoms with Crippen LogP contribution in [0.1, 0.15) is 77.6 Å². The first-order valence-electron chi connectivity index (χ1n) is 20.0. The lowest BCUT2D eigenvalue weighted by atomic mass is 9.86. The highest BCUT2D eigenvalue weighted by atomic mass is 32.9. The molecule has 5 atom stereocenters. The molecule has 58 heavy (non-hydrogen) atoms. The van der Waals surface area contributed by atoms with E-state index in [9.17, 15) is 13.9 Å². The van der Waals surface area contributed by atoms with Crippen molar-refractivity contribution in [3.05, 3.63) is 150 Å². The summed E-state index contributed by atoms with van der Waals surface area (Å²) in [5.74, 6) is -0.298. The van der Waals surface area contributed by atoms with Crippen molar-refractivity contribution < 1.29 is 23.1 Å². The van der Waals surface area contributed by atoms with Gasteiger partial charge >= 0.3 is 0 Å². The molecule has 5 aromatic rings. The Morgan fingerprint density at radius 3 is 2.05 bits per heavy atom. The fraction of sp³-hybridized carbons (Fsp3) is 0.435. The number of benzene rings is 4. The Balaban J connectivity index is 0.000000198. The number of aromatic nitrogens is 3. The maximum absolute atomic E-state index is 14.2. The molecule has 314 valence electrons. The molecule has 1 saturated heterocycles. The highest BCUT2D eigenvalue weighted by molar-refractivity contribution is 8.69. The minimum Gasteiger partial charge on any atom is -0.378 e. The van der Waals surface area contributed by atoms with E-state index in [0.717, 1.165) is 25.7 Å². The van der Waals surface area contributed by atoms with E-state index < -0.39 is 22.7 Å². The molecule has 4 aromatic carbocycles. The Morgan fingerprint density at radius 2 is 1.50 bits per heavy atom. The number of aliphatic hydroxyl groups is 1. The Labute approximate surface area is 354 Å². The van der Waals surface area contributed by atoms with Crippen LogP contribution in [0.4, 0.5) is 8.78 Å². The molecule has 7 nitrogen and oxygen atoms in total. The number of nitrogens with zero attached hydrogens (tertiary/aromatic N) is 4. The fourth-order valence-corrected chi connectivity index (χ4v) is 11.5. The van der Waals surface area contributed by atoms with Crippen molar-refractivity contribution in [2.75, 3.05) is 32.4 Å². The molecule has 12 heteroatoms. The van der Waals surface area contributed by atoms with E-state index >= 15 is 0 Å². The molecule has 0 spiro atoms. The van der Waals surface area contributed by atoms with Crippen LogP contribution >= 0.6 is 16.8 Å². The molecule has 0 aliphatic carbocycles. The van der Waals surface area contributed by atoms with E-state index in [-0.39, 0.29) is 17.5 Å². The summed E-state index contributed by atoms with van der Waals surface area (Å²) in [6, 6.07) is 30.7. The summed E-state index contributed by atoms with van der Waals surface area (Å²) in [5, 5.41) is 15.1. The van der Waals surface area contributed by atoms with Gasteiger partial charge in [0.2, 0.25) is 0 Å². The smallest absolute Gasteiger partial charge is 0.137 e. The van der Waals surface area contributed by atoms with E-state index in [1.165, 1.54) is 76.3 Å². The molecule has 6 rings (SSSR count). The molecular formula is C46H61F2N4O3PS2. The number of hydrogen-bond acceptors (Lipinski definition) is 8. The predicted octanol–water partition coefficient (Wildman–Crippen LogP) is 10.9. The second-order valence-corrected chi connectivity index (χ2v) is 23.5. The first-order valence-corrected chi connectivity index (χ1v) is 24.4. The summed E-state index contributed by atoms with van der Waals surface area (Å²) in [4.78, 5) is 7.59. The van der Waals surface area contributed by atoms with Crippen LogP contribution in [0.2, 0.25) is 0 Å². The first-order chi connectivity index (χ1) is 27.5. The highest BCUT2D eigenvalue weighted by Gasteiger charge is 2.35. The molecule has 0 bridgehead atoms. The Kier molecular flexibility index (Phi) is 18.3. The van der Waals surface area contributed by atoms with Crippen LogP contribution in [0.15, 0.2) is 121 Å². The van der Waals surface area contributed by atoms with Crippen LogP contribution in [0, 0.1) is 17.6 Å². The molecule has 0 saturated carbocycles. The van der Waals surface area contributed by atoms with Gasteiger partial charge in [0, 0.05) is 42.9 Å². The van der Waals surface area contributed by atoms with Crippen molar-refractivity contribution in [3.63, 3.8) is 0 Å². The maximum atomic E-state index is 14.2. The summed E-state index contributed by atoms with van der Waals surface area (Å²) in [5.41, 5.74) is 0.215. The summed E-state index contributed by atoms with van der Waals surface area (Å²) in [6.45, 7) is 21.6. The molecule has 0 radical (unpaired) electrons. The van der Waals surface area contributed by atoms with Gasteiger partial charge in [0.05, 0.1) is 18.8 Å². The lowest BCUT2D eigenvalue weighted by Gasteiger charge is -2.36. The first kappa shape index (κ1) is 47.4. The molecule has 1 aromatic heterocycles. The molecular weight excluding hydrogens is 790 g/mol. The van der Waals surface area contributed by atoms with Crippen LogP contribution in [0.3, 0.4) is 0 Å². The maximum Gasteiger partial charge on any atom is 0.137 e. The van der Waals surface area contributed by atoms with E-state index in [1.807, 2.05) is 25.1 Å². The Bertz CT molecular complexity index is 1970. The van der Waals surface area contributed by atoms with Gasteiger partial charge in [-0.2, -0.15) is 5.10 Å². The quantitative estimate of drug-likeness (QED) is 0.117. The summed E-state index contributed by atoms with van der Waals surface area (Å²) < 4.78 is 40.2. The van der Waals surface area contributed by atoms with Crippen LogP contribution in [0.5, 0.6) is 0 Å². The Morgan fingerprint density at radius 1 is 0.897 bits per heavy atom. The zero-order valence-corrected chi connectivity index (χ0v) is 37.8. The summed E-state index contributed by atoms with van der Waals surface area (Å²) in [7, 11) is 0. The van der Waals surface area contributed by atoms with E-state index in [4.69, 9.17) is 21.1 Å². The largest absolute Gasteiger partial charge is 0.378 e. The third-order valence-corrected chi connectivity index (χ3v) is 16.2. The van der Waals surface area contributed by atoms with E-state index in [2.05, 4.69) is 99.8 Å². The third-order valence-electron chi connectivity index (χ3n) is 9.67. The zero-order chi connectivity index (χ0) is 42.3. The second-order valence-electron chi connectivity index (χ2n) is 15.9. The molecule has 3 unspecified atom stereocenters. The van der Waals surface area contributed by atoms with Crippen LogP contribution < -0.4 is 0 Å². The van der Waals surface area contributed by atoms with Crippen molar-refractivity contribution in [2.24, 2.45) is 5.92 Å². The van der Waals surface area contributed by atoms with Crippen molar-refractivity contribution in [1.29, 1.82) is 0 Å². The van der Waals surface area contributed by atoms with Crippen LogP contribution in [-0.4, -0.2) is 69.4 Å². The molecule has 1 aliphatic heterocycles. The average molecular weight is 851 g/mol. The number of morpholine rings is 1. The minimum atomic E-state index is -1.69. The lowest BCUT2D eigenvalue weighted by molar-refractivity contribution is -0.0708. The van der Waals surface area contributed by atoms with Crippen LogP contribution in [-0.2, 0) is 45.0 Å². The monoisotopic (exact) mass is 850 g/mol. The zero-order valence-electron chi connectivity index (χ0n) is 35.2. The lowest BCUT2D eigenvalue weighted by Crippen LogP contribution is -2.47. The molecule has 1 N–H and O–H groups in total. The second kappa shape index (κ2) is 22.4.